The van der Waals surface area contributed by atoms with Crippen LogP contribution < -0.4 is 10.1 Å². The summed E-state index contributed by atoms with van der Waals surface area (Å²) in [5.41, 5.74) is 3.17. The number of para-hydroxylation sites is 1. The van der Waals surface area contributed by atoms with Crippen molar-refractivity contribution in [3.63, 3.8) is 0 Å². The topological polar surface area (TPSA) is 88.8 Å². The number of nitrogens with one attached hydrogen (secondary N) is 1. The standard InChI is InChI=1S/C24H28N4O4/c1-31-20-8-4-7-18-22(26-28(23(18)20)10-9-27-11-13-32-14-12-27)24(30)25-21-17-6-3-2-5-16(17)15-19(21)29/h2-8,19,21,29H,9-15H2,1H3,(H,25,30)/t19-,21+/m0/s1. The highest BCUT2D eigenvalue weighted by Crippen LogP contribution is 2.33. The molecule has 3 aromatic rings. The zero-order chi connectivity index (χ0) is 22.1. The minimum absolute atomic E-state index is 0.297. The van der Waals surface area contributed by atoms with E-state index >= 15 is 0 Å². The van der Waals surface area contributed by atoms with Gasteiger partial charge in [-0.1, -0.05) is 36.4 Å². The van der Waals surface area contributed by atoms with Gasteiger partial charge in [0.1, 0.15) is 11.3 Å². The maximum atomic E-state index is 13.3. The van der Waals surface area contributed by atoms with Gasteiger partial charge in [-0.2, -0.15) is 5.10 Å². The third-order valence-electron chi connectivity index (χ3n) is 6.39. The van der Waals surface area contributed by atoms with E-state index in [4.69, 9.17) is 14.6 Å². The van der Waals surface area contributed by atoms with Crippen molar-refractivity contribution in [1.29, 1.82) is 0 Å². The first-order valence-electron chi connectivity index (χ1n) is 11.1. The molecule has 1 amide bonds. The molecule has 168 valence electrons. The van der Waals surface area contributed by atoms with Gasteiger partial charge in [0, 0.05) is 31.4 Å². The van der Waals surface area contributed by atoms with Gasteiger partial charge in [0.25, 0.3) is 5.91 Å². The maximum absolute atomic E-state index is 13.3. The molecule has 1 saturated heterocycles. The highest BCUT2D eigenvalue weighted by molar-refractivity contribution is 6.06. The summed E-state index contributed by atoms with van der Waals surface area (Å²) in [5.74, 6) is 0.386. The van der Waals surface area contributed by atoms with Gasteiger partial charge in [-0.3, -0.25) is 14.4 Å². The van der Waals surface area contributed by atoms with Crippen LogP contribution in [0.25, 0.3) is 10.9 Å². The Labute approximate surface area is 186 Å². The number of nitrogens with zero attached hydrogens (tertiary/aromatic N) is 3. The van der Waals surface area contributed by atoms with E-state index in [0.29, 0.717) is 24.4 Å². The molecule has 0 spiro atoms. The summed E-state index contributed by atoms with van der Waals surface area (Å²) in [4.78, 5) is 15.7. The summed E-state index contributed by atoms with van der Waals surface area (Å²) >= 11 is 0. The molecular formula is C24H28N4O4. The first-order chi connectivity index (χ1) is 15.7. The molecule has 2 aliphatic rings. The van der Waals surface area contributed by atoms with E-state index in [-0.39, 0.29) is 5.91 Å². The Morgan fingerprint density at radius 2 is 2.00 bits per heavy atom. The highest BCUT2D eigenvalue weighted by Gasteiger charge is 2.33. The van der Waals surface area contributed by atoms with Crippen LogP contribution in [0.2, 0.25) is 0 Å². The Morgan fingerprint density at radius 3 is 2.81 bits per heavy atom. The van der Waals surface area contributed by atoms with Crippen LogP contribution in [0.3, 0.4) is 0 Å². The Morgan fingerprint density at radius 1 is 1.19 bits per heavy atom. The molecule has 2 heterocycles. The van der Waals surface area contributed by atoms with E-state index < -0.39 is 12.1 Å². The first-order valence-corrected chi connectivity index (χ1v) is 11.1. The van der Waals surface area contributed by atoms with Crippen molar-refractivity contribution in [2.75, 3.05) is 40.0 Å². The van der Waals surface area contributed by atoms with Gasteiger partial charge in [-0.25, -0.2) is 0 Å². The van der Waals surface area contributed by atoms with Crippen molar-refractivity contribution < 1.29 is 19.4 Å². The molecule has 1 aliphatic carbocycles. The van der Waals surface area contributed by atoms with E-state index in [1.54, 1.807) is 7.11 Å². The number of hydrogen-bond donors (Lipinski definition) is 2. The number of fused-ring (bicyclic) bond motifs is 2. The van der Waals surface area contributed by atoms with Crippen LogP contribution >= 0.6 is 0 Å². The van der Waals surface area contributed by atoms with Crippen molar-refractivity contribution in [3.05, 3.63) is 59.3 Å². The fourth-order valence-electron chi connectivity index (χ4n) is 4.72. The van der Waals surface area contributed by atoms with Crippen molar-refractivity contribution >= 4 is 16.8 Å². The lowest BCUT2D eigenvalue weighted by atomic mass is 10.1. The summed E-state index contributed by atoms with van der Waals surface area (Å²) in [6, 6.07) is 13.0. The molecule has 0 saturated carbocycles. The van der Waals surface area contributed by atoms with Crippen LogP contribution in [0.5, 0.6) is 5.75 Å². The molecule has 32 heavy (non-hydrogen) atoms. The number of ether oxygens (including phenoxy) is 2. The zero-order valence-electron chi connectivity index (χ0n) is 18.2. The van der Waals surface area contributed by atoms with Gasteiger partial charge in [0.2, 0.25) is 0 Å². The zero-order valence-corrected chi connectivity index (χ0v) is 18.2. The van der Waals surface area contributed by atoms with Crippen LogP contribution in [0.15, 0.2) is 42.5 Å². The molecule has 8 heteroatoms. The van der Waals surface area contributed by atoms with Crippen LogP contribution in [-0.2, 0) is 17.7 Å². The smallest absolute Gasteiger partial charge is 0.273 e. The molecule has 1 aromatic heterocycles. The number of carbonyl (C=O) groups excluding carboxylic acids is 1. The number of rotatable bonds is 6. The fraction of sp³-hybridized carbons (Fsp3) is 0.417. The highest BCUT2D eigenvalue weighted by atomic mass is 16.5. The van der Waals surface area contributed by atoms with Gasteiger partial charge >= 0.3 is 0 Å². The Balaban J connectivity index is 1.44. The molecule has 5 rings (SSSR count). The van der Waals surface area contributed by atoms with Crippen molar-refractivity contribution in [1.82, 2.24) is 20.0 Å². The minimum atomic E-state index is -0.652. The predicted molar refractivity (Wildman–Crippen MR) is 120 cm³/mol. The number of morpholine rings is 1. The van der Waals surface area contributed by atoms with Crippen LogP contribution in [0.4, 0.5) is 0 Å². The molecule has 0 unspecified atom stereocenters. The molecule has 2 aromatic carbocycles. The van der Waals surface area contributed by atoms with Crippen LogP contribution in [0.1, 0.15) is 27.7 Å². The minimum Gasteiger partial charge on any atom is -0.494 e. The lowest BCUT2D eigenvalue weighted by Gasteiger charge is -2.26. The molecule has 8 nitrogen and oxygen atoms in total. The number of carbonyl (C=O) groups is 1. The third kappa shape index (κ3) is 3.85. The van der Waals surface area contributed by atoms with Crippen molar-refractivity contribution in [3.8, 4) is 5.75 Å². The number of hydrogen-bond acceptors (Lipinski definition) is 6. The lowest BCUT2D eigenvalue weighted by molar-refractivity contribution is 0.0361. The number of amides is 1. The van der Waals surface area contributed by atoms with Crippen molar-refractivity contribution in [2.24, 2.45) is 0 Å². The number of methoxy groups -OCH3 is 1. The molecule has 2 N–H and O–H groups in total. The number of aliphatic hydroxyl groups excluding tert-OH is 1. The van der Waals surface area contributed by atoms with Gasteiger partial charge in [-0.05, 0) is 17.2 Å². The van der Waals surface area contributed by atoms with E-state index in [0.717, 1.165) is 54.9 Å². The Hall–Kier alpha value is -2.94. The monoisotopic (exact) mass is 436 g/mol. The first kappa shape index (κ1) is 20.9. The molecule has 0 bridgehead atoms. The summed E-state index contributed by atoms with van der Waals surface area (Å²) < 4.78 is 12.9. The summed E-state index contributed by atoms with van der Waals surface area (Å²) in [6.07, 6.45) is -0.121. The quantitative estimate of drug-likeness (QED) is 0.612. The normalized spacial score (nSPS) is 20.9. The summed E-state index contributed by atoms with van der Waals surface area (Å²) in [7, 11) is 1.62. The van der Waals surface area contributed by atoms with Gasteiger partial charge in [0.05, 0.1) is 39.0 Å². The van der Waals surface area contributed by atoms with E-state index in [1.807, 2.05) is 47.1 Å². The molecule has 0 radical (unpaired) electrons. The van der Waals surface area contributed by atoms with Gasteiger partial charge in [0.15, 0.2) is 5.69 Å². The number of benzene rings is 2. The Bertz CT molecular complexity index is 1120. The average Bonchev–Trinajstić information content (AvgIpc) is 3.36. The van der Waals surface area contributed by atoms with Gasteiger partial charge in [-0.15, -0.1) is 0 Å². The summed E-state index contributed by atoms with van der Waals surface area (Å²) in [5, 5.41) is 19.0. The van der Waals surface area contributed by atoms with Crippen molar-refractivity contribution in [2.45, 2.75) is 25.1 Å². The lowest BCUT2D eigenvalue weighted by Crippen LogP contribution is -2.38. The van der Waals surface area contributed by atoms with Gasteiger partial charge < -0.3 is 19.9 Å². The molecule has 1 fully saturated rings. The third-order valence-corrected chi connectivity index (χ3v) is 6.39. The van der Waals surface area contributed by atoms with E-state index in [9.17, 15) is 9.90 Å². The predicted octanol–water partition coefficient (Wildman–Crippen LogP) is 1.77. The fourth-order valence-corrected chi connectivity index (χ4v) is 4.72. The van der Waals surface area contributed by atoms with Crippen LogP contribution in [-0.4, -0.2) is 71.8 Å². The average molecular weight is 437 g/mol. The molecule has 2 atom stereocenters. The Kier molecular flexibility index (Phi) is 5.82. The second-order valence-corrected chi connectivity index (χ2v) is 8.30. The second-order valence-electron chi connectivity index (χ2n) is 8.30. The molecular weight excluding hydrogens is 408 g/mol. The van der Waals surface area contributed by atoms with E-state index in [1.165, 1.54) is 0 Å². The number of aliphatic hydroxyl groups is 1. The van der Waals surface area contributed by atoms with Crippen LogP contribution in [0, 0.1) is 0 Å². The van der Waals surface area contributed by atoms with E-state index in [2.05, 4.69) is 10.2 Å². The maximum Gasteiger partial charge on any atom is 0.273 e. The number of aromatic nitrogens is 2. The second kappa shape index (κ2) is 8.90. The largest absolute Gasteiger partial charge is 0.494 e. The summed E-state index contributed by atoms with van der Waals surface area (Å²) in [6.45, 7) is 4.71. The SMILES string of the molecule is COc1cccc2c(C(=O)N[C@@H]3c4ccccc4C[C@@H]3O)nn(CCN3CCOCC3)c12. The molecule has 1 aliphatic heterocycles.